The highest BCUT2D eigenvalue weighted by Gasteiger charge is 2.13. The zero-order valence-corrected chi connectivity index (χ0v) is 12.1. The van der Waals surface area contributed by atoms with E-state index in [1.54, 1.807) is 11.3 Å². The van der Waals surface area contributed by atoms with E-state index in [1.807, 2.05) is 38.1 Å². The van der Waals surface area contributed by atoms with E-state index in [2.05, 4.69) is 20.9 Å². The van der Waals surface area contributed by atoms with Gasteiger partial charge in [-0.2, -0.15) is 0 Å². The van der Waals surface area contributed by atoms with Gasteiger partial charge < -0.3 is 0 Å². The number of carbonyl (C=O) groups is 1. The summed E-state index contributed by atoms with van der Waals surface area (Å²) < 4.78 is 0.843. The van der Waals surface area contributed by atoms with Gasteiger partial charge in [0.25, 0.3) is 0 Å². The Kier molecular flexibility index (Phi) is 3.74. The van der Waals surface area contributed by atoms with E-state index in [9.17, 15) is 4.79 Å². The van der Waals surface area contributed by atoms with Crippen molar-refractivity contribution in [1.82, 2.24) is 4.98 Å². The normalized spacial score (nSPS) is 10.5. The van der Waals surface area contributed by atoms with Crippen molar-refractivity contribution in [3.05, 3.63) is 49.9 Å². The van der Waals surface area contributed by atoms with Crippen molar-refractivity contribution in [2.45, 2.75) is 20.3 Å². The maximum absolute atomic E-state index is 12.1. The molecule has 1 heterocycles. The topological polar surface area (TPSA) is 30.0 Å². The smallest absolute Gasteiger partial charge is 0.170 e. The lowest BCUT2D eigenvalue weighted by Crippen LogP contribution is -2.04. The van der Waals surface area contributed by atoms with Gasteiger partial charge in [-0.1, -0.05) is 34.1 Å². The number of benzene rings is 1. The van der Waals surface area contributed by atoms with Gasteiger partial charge in [0, 0.05) is 14.9 Å². The summed E-state index contributed by atoms with van der Waals surface area (Å²) in [6.45, 7) is 4.00. The molecule has 17 heavy (non-hydrogen) atoms. The summed E-state index contributed by atoms with van der Waals surface area (Å²) in [5.41, 5.74) is 1.74. The van der Waals surface area contributed by atoms with E-state index in [0.717, 1.165) is 20.7 Å². The second kappa shape index (κ2) is 5.10. The average Bonchev–Trinajstić information content (AvgIpc) is 2.58. The van der Waals surface area contributed by atoms with E-state index in [1.165, 1.54) is 4.88 Å². The van der Waals surface area contributed by atoms with Gasteiger partial charge >= 0.3 is 0 Å². The van der Waals surface area contributed by atoms with Crippen LogP contribution in [0.3, 0.4) is 0 Å². The number of aryl methyl sites for hydroxylation is 2. The van der Waals surface area contributed by atoms with Gasteiger partial charge in [-0.15, -0.1) is 11.3 Å². The fourth-order valence-corrected chi connectivity index (χ4v) is 2.97. The Hall–Kier alpha value is -1.000. The molecular weight excluding hydrogens is 298 g/mol. The molecule has 2 rings (SSSR count). The zero-order valence-electron chi connectivity index (χ0n) is 9.66. The second-order valence-electron chi connectivity index (χ2n) is 3.83. The molecular formula is C13H12BrNOS. The number of hydrogen-bond acceptors (Lipinski definition) is 3. The van der Waals surface area contributed by atoms with Crippen molar-refractivity contribution < 1.29 is 4.79 Å². The van der Waals surface area contributed by atoms with Crippen molar-refractivity contribution in [3.63, 3.8) is 0 Å². The monoisotopic (exact) mass is 309 g/mol. The van der Waals surface area contributed by atoms with Crippen LogP contribution in [0.2, 0.25) is 0 Å². The van der Waals surface area contributed by atoms with Crippen molar-refractivity contribution in [2.24, 2.45) is 0 Å². The van der Waals surface area contributed by atoms with Crippen LogP contribution in [0.1, 0.15) is 25.9 Å². The van der Waals surface area contributed by atoms with Crippen LogP contribution in [0.4, 0.5) is 0 Å². The molecule has 0 unspecified atom stereocenters. The van der Waals surface area contributed by atoms with Crippen molar-refractivity contribution in [3.8, 4) is 0 Å². The molecule has 0 amide bonds. The van der Waals surface area contributed by atoms with E-state index in [0.29, 0.717) is 6.42 Å². The molecule has 0 aliphatic carbocycles. The quantitative estimate of drug-likeness (QED) is 0.804. The van der Waals surface area contributed by atoms with Gasteiger partial charge in [0.2, 0.25) is 0 Å². The largest absolute Gasteiger partial charge is 0.294 e. The highest BCUT2D eigenvalue weighted by Crippen LogP contribution is 2.21. The van der Waals surface area contributed by atoms with Gasteiger partial charge in [0.1, 0.15) is 5.01 Å². The molecule has 0 N–H and O–H groups in total. The Morgan fingerprint density at radius 2 is 2.06 bits per heavy atom. The number of ketones is 1. The number of rotatable bonds is 3. The number of aromatic nitrogens is 1. The summed E-state index contributed by atoms with van der Waals surface area (Å²) in [6.07, 6.45) is 0.377. The Morgan fingerprint density at radius 3 is 2.65 bits per heavy atom. The van der Waals surface area contributed by atoms with Crippen LogP contribution < -0.4 is 0 Å². The maximum atomic E-state index is 12.1. The first-order chi connectivity index (χ1) is 8.08. The summed E-state index contributed by atoms with van der Waals surface area (Å²) in [5.74, 6) is 0.103. The lowest BCUT2D eigenvalue weighted by molar-refractivity contribution is 0.0992. The average molecular weight is 310 g/mol. The first-order valence-corrected chi connectivity index (χ1v) is 6.89. The predicted octanol–water partition coefficient (Wildman–Crippen LogP) is 3.95. The molecule has 4 heteroatoms. The van der Waals surface area contributed by atoms with E-state index in [-0.39, 0.29) is 5.78 Å². The van der Waals surface area contributed by atoms with Gasteiger partial charge in [-0.3, -0.25) is 4.79 Å². The molecule has 0 saturated carbocycles. The minimum atomic E-state index is 0.103. The minimum Gasteiger partial charge on any atom is -0.294 e. The molecule has 0 aliphatic heterocycles. The zero-order chi connectivity index (χ0) is 12.4. The number of nitrogens with zero attached hydrogens (tertiary/aromatic N) is 1. The van der Waals surface area contributed by atoms with Crippen molar-refractivity contribution in [1.29, 1.82) is 0 Å². The lowest BCUT2D eigenvalue weighted by Gasteiger charge is -2.01. The van der Waals surface area contributed by atoms with E-state index >= 15 is 0 Å². The van der Waals surface area contributed by atoms with E-state index < -0.39 is 0 Å². The fourth-order valence-electron chi connectivity index (χ4n) is 1.53. The van der Waals surface area contributed by atoms with Gasteiger partial charge in [-0.05, 0) is 19.9 Å². The summed E-state index contributed by atoms with van der Waals surface area (Å²) >= 11 is 4.99. The molecule has 1 aromatic heterocycles. The summed E-state index contributed by atoms with van der Waals surface area (Å²) in [6, 6.07) is 7.49. The number of thiazole rings is 1. The van der Waals surface area contributed by atoms with Crippen LogP contribution in [-0.4, -0.2) is 10.8 Å². The van der Waals surface area contributed by atoms with Crippen LogP contribution in [0.15, 0.2) is 28.7 Å². The lowest BCUT2D eigenvalue weighted by atomic mass is 10.1. The summed E-state index contributed by atoms with van der Waals surface area (Å²) in [5, 5.41) is 0.890. The van der Waals surface area contributed by atoms with Gasteiger partial charge in [0.15, 0.2) is 5.78 Å². The number of halogens is 1. The SMILES string of the molecule is Cc1nc(CC(=O)c2ccccc2Br)sc1C. The van der Waals surface area contributed by atoms with Crippen molar-refractivity contribution in [2.75, 3.05) is 0 Å². The molecule has 1 aromatic carbocycles. The second-order valence-corrected chi connectivity index (χ2v) is 5.97. The predicted molar refractivity (Wildman–Crippen MR) is 73.8 cm³/mol. The third kappa shape index (κ3) is 2.82. The first-order valence-electron chi connectivity index (χ1n) is 5.28. The van der Waals surface area contributed by atoms with Crippen LogP contribution in [-0.2, 0) is 6.42 Å². The number of hydrogen-bond donors (Lipinski definition) is 0. The molecule has 88 valence electrons. The highest BCUT2D eigenvalue weighted by atomic mass is 79.9. The Bertz CT molecular complexity index is 543. The van der Waals surface area contributed by atoms with Crippen LogP contribution in [0.5, 0.6) is 0 Å². The maximum Gasteiger partial charge on any atom is 0.170 e. The van der Waals surface area contributed by atoms with Crippen LogP contribution in [0, 0.1) is 13.8 Å². The van der Waals surface area contributed by atoms with Gasteiger partial charge in [0.05, 0.1) is 12.1 Å². The fraction of sp³-hybridized carbons (Fsp3) is 0.231. The molecule has 2 nitrogen and oxygen atoms in total. The summed E-state index contributed by atoms with van der Waals surface area (Å²) in [7, 11) is 0. The molecule has 0 atom stereocenters. The van der Waals surface area contributed by atoms with Crippen LogP contribution in [0.25, 0.3) is 0 Å². The van der Waals surface area contributed by atoms with Crippen molar-refractivity contribution >= 4 is 33.0 Å². The third-order valence-electron chi connectivity index (χ3n) is 2.56. The molecule has 0 bridgehead atoms. The molecule has 2 aromatic rings. The minimum absolute atomic E-state index is 0.103. The number of Topliss-reactive ketones (excluding diaryl/α,β-unsaturated/α-hetero) is 1. The molecule has 0 spiro atoms. The summed E-state index contributed by atoms with van der Waals surface area (Å²) in [4.78, 5) is 17.7. The molecule has 0 saturated heterocycles. The number of carbonyl (C=O) groups excluding carboxylic acids is 1. The Balaban J connectivity index is 2.20. The standard InChI is InChI=1S/C13H12BrNOS/c1-8-9(2)17-13(15-8)7-12(16)10-5-3-4-6-11(10)14/h3-6H,7H2,1-2H3. The molecule has 0 fully saturated rings. The molecule has 0 aliphatic rings. The first kappa shape index (κ1) is 12.5. The Morgan fingerprint density at radius 1 is 1.35 bits per heavy atom. The van der Waals surface area contributed by atoms with Crippen LogP contribution >= 0.6 is 27.3 Å². The molecule has 0 radical (unpaired) electrons. The Labute approximate surface area is 113 Å². The van der Waals surface area contributed by atoms with E-state index in [4.69, 9.17) is 0 Å². The van der Waals surface area contributed by atoms with Gasteiger partial charge in [-0.25, -0.2) is 4.98 Å². The third-order valence-corrected chi connectivity index (χ3v) is 4.32. The highest BCUT2D eigenvalue weighted by molar-refractivity contribution is 9.10.